The maximum absolute atomic E-state index is 14.6. The molecule has 2 aromatic carbocycles. The molecule has 1 atom stereocenters. The van der Waals surface area contributed by atoms with E-state index in [4.69, 9.17) is 4.74 Å². The molecular formula is C23H24F2IN5O2S. The highest BCUT2D eigenvalue weighted by atomic mass is 127. The highest BCUT2D eigenvalue weighted by Crippen LogP contribution is 2.29. The lowest BCUT2D eigenvalue weighted by atomic mass is 10.1. The molecule has 0 spiro atoms. The summed E-state index contributed by atoms with van der Waals surface area (Å²) in [5.74, 6) is 0.00220. The Bertz CT molecular complexity index is 1310. The van der Waals surface area contributed by atoms with Gasteiger partial charge < -0.3 is 15.4 Å². The lowest BCUT2D eigenvalue weighted by Crippen LogP contribution is -2.05. The molecule has 0 amide bonds. The van der Waals surface area contributed by atoms with Crippen LogP contribution in [0.5, 0.6) is 5.75 Å². The second-order valence-corrected chi connectivity index (χ2v) is 11.6. The van der Waals surface area contributed by atoms with E-state index in [0.29, 0.717) is 35.8 Å². The number of benzene rings is 2. The van der Waals surface area contributed by atoms with Crippen LogP contribution in [-0.4, -0.2) is 33.6 Å². The van der Waals surface area contributed by atoms with Gasteiger partial charge in [0.25, 0.3) is 0 Å². The average molecular weight is 599 g/mol. The van der Waals surface area contributed by atoms with Crippen LogP contribution < -0.4 is 15.4 Å². The molecule has 0 aliphatic carbocycles. The van der Waals surface area contributed by atoms with Crippen molar-refractivity contribution < 1.29 is 17.7 Å². The van der Waals surface area contributed by atoms with Gasteiger partial charge in [-0.15, -0.1) is 0 Å². The minimum absolute atomic E-state index is 0.0535. The first-order chi connectivity index (χ1) is 16.3. The van der Waals surface area contributed by atoms with E-state index in [1.165, 1.54) is 12.1 Å². The summed E-state index contributed by atoms with van der Waals surface area (Å²) in [6.07, 6.45) is 5.20. The standard InChI is InChI=1S/C23H24F2IN5O2S/c1-34(32,31-26)14-15-9-17-12-18(10-15)33-8-4-2-3-7-27-21-11-16(5-6-19(21)24)22-20(25)13-28-23(29-17)30-22/h5-6,9-13,27H,2-4,7-8,14H2,1H3,(H,28,29,30). The first-order valence-corrected chi connectivity index (χ1v) is 13.8. The summed E-state index contributed by atoms with van der Waals surface area (Å²) in [5, 5.41) is 6.17. The Labute approximate surface area is 211 Å². The van der Waals surface area contributed by atoms with Crippen molar-refractivity contribution in [2.75, 3.05) is 30.0 Å². The Morgan fingerprint density at radius 3 is 2.82 bits per heavy atom. The van der Waals surface area contributed by atoms with E-state index in [9.17, 15) is 13.0 Å². The van der Waals surface area contributed by atoms with Crippen molar-refractivity contribution in [3.8, 4) is 17.0 Å². The number of nitrogens with one attached hydrogen (secondary N) is 2. The summed E-state index contributed by atoms with van der Waals surface area (Å²) in [6.45, 7) is 1.08. The van der Waals surface area contributed by atoms with Crippen molar-refractivity contribution >= 4 is 49.9 Å². The van der Waals surface area contributed by atoms with E-state index in [-0.39, 0.29) is 17.4 Å². The first-order valence-electron chi connectivity index (χ1n) is 10.7. The van der Waals surface area contributed by atoms with Crippen LogP contribution in [0.4, 0.5) is 26.1 Å². The van der Waals surface area contributed by atoms with E-state index in [0.717, 1.165) is 31.0 Å². The highest BCUT2D eigenvalue weighted by Gasteiger charge is 2.14. The molecule has 2 N–H and O–H groups in total. The molecule has 3 aromatic rings. The highest BCUT2D eigenvalue weighted by molar-refractivity contribution is 14.1. The Morgan fingerprint density at radius 2 is 2.00 bits per heavy atom. The fourth-order valence-electron chi connectivity index (χ4n) is 3.62. The molecule has 1 unspecified atom stereocenters. The van der Waals surface area contributed by atoms with Crippen molar-refractivity contribution in [1.82, 2.24) is 9.97 Å². The molecule has 1 aromatic heterocycles. The number of halogens is 3. The third kappa shape index (κ3) is 6.32. The average Bonchev–Trinajstić information content (AvgIpc) is 2.80. The Balaban J connectivity index is 1.75. The van der Waals surface area contributed by atoms with Gasteiger partial charge in [-0.3, -0.25) is 0 Å². The molecule has 6 bridgehead atoms. The normalized spacial score (nSPS) is 15.6. The lowest BCUT2D eigenvalue weighted by molar-refractivity contribution is 0.306. The number of anilines is 3. The van der Waals surface area contributed by atoms with Crippen LogP contribution in [0.2, 0.25) is 0 Å². The topological polar surface area (TPSA) is 88.5 Å². The van der Waals surface area contributed by atoms with Crippen LogP contribution in [-0.2, 0) is 15.5 Å². The minimum atomic E-state index is -2.40. The summed E-state index contributed by atoms with van der Waals surface area (Å²) < 4.78 is 51.4. The third-order valence-electron chi connectivity index (χ3n) is 5.19. The Morgan fingerprint density at radius 1 is 1.15 bits per heavy atom. The van der Waals surface area contributed by atoms with Gasteiger partial charge in [0.2, 0.25) is 5.95 Å². The molecule has 0 saturated heterocycles. The molecule has 180 valence electrons. The van der Waals surface area contributed by atoms with Gasteiger partial charge in [0.1, 0.15) is 17.3 Å². The minimum Gasteiger partial charge on any atom is -0.494 e. The largest absolute Gasteiger partial charge is 0.494 e. The van der Waals surface area contributed by atoms with E-state index >= 15 is 0 Å². The summed E-state index contributed by atoms with van der Waals surface area (Å²) in [4.78, 5) is 8.39. The summed E-state index contributed by atoms with van der Waals surface area (Å²) in [7, 11) is -2.40. The number of hydrogen-bond acceptors (Lipinski definition) is 7. The number of ether oxygens (including phenoxy) is 1. The van der Waals surface area contributed by atoms with Gasteiger partial charge >= 0.3 is 0 Å². The molecule has 0 saturated carbocycles. The van der Waals surface area contributed by atoms with E-state index in [1.807, 2.05) is 12.1 Å². The molecule has 11 heteroatoms. The maximum atomic E-state index is 14.6. The fraction of sp³-hybridized carbons (Fsp3) is 0.304. The van der Waals surface area contributed by atoms with Gasteiger partial charge in [0, 0.05) is 30.1 Å². The summed E-state index contributed by atoms with van der Waals surface area (Å²) in [6, 6.07) is 9.79. The summed E-state index contributed by atoms with van der Waals surface area (Å²) in [5.41, 5.74) is 2.17. The number of rotatable bonds is 2. The van der Waals surface area contributed by atoms with Gasteiger partial charge in [-0.1, -0.05) is 0 Å². The predicted molar refractivity (Wildman–Crippen MR) is 139 cm³/mol. The molecule has 1 aliphatic heterocycles. The molecule has 0 radical (unpaired) electrons. The third-order valence-corrected chi connectivity index (χ3v) is 8.85. The smallest absolute Gasteiger partial charge is 0.227 e. The van der Waals surface area contributed by atoms with Crippen LogP contribution in [0.1, 0.15) is 24.8 Å². The van der Waals surface area contributed by atoms with E-state index in [1.54, 1.807) is 41.3 Å². The number of nitrogens with zero attached hydrogens (tertiary/aromatic N) is 3. The van der Waals surface area contributed by atoms with Crippen LogP contribution >= 0.6 is 22.9 Å². The molecule has 7 nitrogen and oxygen atoms in total. The summed E-state index contributed by atoms with van der Waals surface area (Å²) >= 11 is 1.77. The van der Waals surface area contributed by atoms with Crippen LogP contribution in [0.15, 0.2) is 45.2 Å². The molecule has 1 aliphatic rings. The van der Waals surface area contributed by atoms with Gasteiger partial charge in [-0.2, -0.15) is 2.58 Å². The number of fused-ring (bicyclic) bond motifs is 7. The van der Waals surface area contributed by atoms with E-state index < -0.39 is 21.4 Å². The van der Waals surface area contributed by atoms with Crippen molar-refractivity contribution in [2.24, 2.45) is 2.58 Å². The van der Waals surface area contributed by atoms with Crippen molar-refractivity contribution in [2.45, 2.75) is 25.0 Å². The SMILES string of the molecule is CS(=O)(Cc1cc2cc(c1)OCCCCCNc1cc(ccc1F)-c1nc(ncc1F)N2)=NI. The molecule has 34 heavy (non-hydrogen) atoms. The molecule has 0 fully saturated rings. The van der Waals surface area contributed by atoms with Crippen molar-refractivity contribution in [3.63, 3.8) is 0 Å². The van der Waals surface area contributed by atoms with Crippen molar-refractivity contribution in [3.05, 3.63) is 59.8 Å². The monoisotopic (exact) mass is 599 g/mol. The first kappa shape index (κ1) is 24.6. The van der Waals surface area contributed by atoms with Gasteiger partial charge in [-0.25, -0.2) is 23.0 Å². The second-order valence-electron chi connectivity index (χ2n) is 8.08. The van der Waals surface area contributed by atoms with Crippen LogP contribution in [0.25, 0.3) is 11.3 Å². The van der Waals surface area contributed by atoms with Gasteiger partial charge in [0.15, 0.2) is 5.82 Å². The molecule has 2 heterocycles. The van der Waals surface area contributed by atoms with Gasteiger partial charge in [0.05, 0.1) is 56.8 Å². The maximum Gasteiger partial charge on any atom is 0.227 e. The van der Waals surface area contributed by atoms with Crippen LogP contribution in [0, 0.1) is 11.6 Å². The second kappa shape index (κ2) is 10.8. The zero-order valence-corrected chi connectivity index (χ0v) is 21.5. The van der Waals surface area contributed by atoms with Crippen molar-refractivity contribution in [1.29, 1.82) is 0 Å². The van der Waals surface area contributed by atoms with Crippen LogP contribution in [0.3, 0.4) is 0 Å². The lowest BCUT2D eigenvalue weighted by Gasteiger charge is -2.13. The number of hydrogen-bond donors (Lipinski definition) is 2. The Hall–Kier alpha value is -2.54. The van der Waals surface area contributed by atoms with Gasteiger partial charge in [-0.05, 0) is 55.2 Å². The fourth-order valence-corrected chi connectivity index (χ4v) is 4.87. The zero-order valence-electron chi connectivity index (χ0n) is 18.5. The quantitative estimate of drug-likeness (QED) is 0.347. The predicted octanol–water partition coefficient (Wildman–Crippen LogP) is 6.09. The Kier molecular flexibility index (Phi) is 7.81. The van der Waals surface area contributed by atoms with E-state index in [2.05, 4.69) is 23.2 Å². The molecular weight excluding hydrogens is 575 g/mol. The number of aromatic nitrogens is 2. The zero-order chi connectivity index (χ0) is 24.1. The molecule has 4 rings (SSSR count).